The summed E-state index contributed by atoms with van der Waals surface area (Å²) in [6.07, 6.45) is -3.60. The Balaban J connectivity index is 1.73. The molecular formula is C19H18F3NO4S. The highest BCUT2D eigenvalue weighted by Gasteiger charge is 2.34. The first-order chi connectivity index (χ1) is 13.2. The zero-order valence-corrected chi connectivity index (χ0v) is 15.5. The minimum Gasteiger partial charge on any atom is -0.406 e. The predicted molar refractivity (Wildman–Crippen MR) is 95.7 cm³/mol. The van der Waals surface area contributed by atoms with Gasteiger partial charge in [0.25, 0.3) is 5.91 Å². The average molecular weight is 413 g/mol. The minimum atomic E-state index is -4.81. The summed E-state index contributed by atoms with van der Waals surface area (Å²) in [4.78, 5) is 14.4. The number of hydrogen-bond acceptors (Lipinski definition) is 4. The highest BCUT2D eigenvalue weighted by molar-refractivity contribution is 7.91. The van der Waals surface area contributed by atoms with E-state index in [1.165, 1.54) is 29.2 Å². The lowest BCUT2D eigenvalue weighted by Crippen LogP contribution is -2.39. The van der Waals surface area contributed by atoms with Crippen molar-refractivity contribution >= 4 is 15.7 Å². The monoisotopic (exact) mass is 413 g/mol. The maximum atomic E-state index is 12.7. The van der Waals surface area contributed by atoms with Crippen molar-refractivity contribution in [2.45, 2.75) is 30.1 Å². The summed E-state index contributed by atoms with van der Waals surface area (Å²) in [6.45, 7) is 0.397. The van der Waals surface area contributed by atoms with Crippen LogP contribution in [0.25, 0.3) is 0 Å². The van der Waals surface area contributed by atoms with E-state index in [2.05, 4.69) is 4.74 Å². The third-order valence-corrected chi connectivity index (χ3v) is 6.30. The van der Waals surface area contributed by atoms with E-state index in [1.807, 2.05) is 0 Å². The van der Waals surface area contributed by atoms with Gasteiger partial charge in [-0.1, -0.05) is 18.2 Å². The maximum Gasteiger partial charge on any atom is 0.573 e. The molecule has 3 rings (SSSR count). The second-order valence-corrected chi connectivity index (χ2v) is 8.50. The van der Waals surface area contributed by atoms with Gasteiger partial charge in [0.2, 0.25) is 0 Å². The quantitative estimate of drug-likeness (QED) is 0.751. The number of carbonyl (C=O) groups excluding carboxylic acids is 1. The lowest BCUT2D eigenvalue weighted by Gasteiger charge is -2.25. The van der Waals surface area contributed by atoms with Gasteiger partial charge in [-0.05, 0) is 49.2 Å². The van der Waals surface area contributed by atoms with Crippen molar-refractivity contribution in [3.05, 3.63) is 60.2 Å². The number of hydrogen-bond donors (Lipinski definition) is 0. The van der Waals surface area contributed by atoms with E-state index < -0.39 is 33.9 Å². The Bertz CT molecular complexity index is 928. The van der Waals surface area contributed by atoms with Crippen LogP contribution >= 0.6 is 0 Å². The Morgan fingerprint density at radius 3 is 2.32 bits per heavy atom. The van der Waals surface area contributed by atoms with Crippen molar-refractivity contribution in [3.63, 3.8) is 0 Å². The van der Waals surface area contributed by atoms with Crippen molar-refractivity contribution < 1.29 is 31.1 Å². The highest BCUT2D eigenvalue weighted by atomic mass is 32.2. The number of amides is 1. The molecule has 0 N–H and O–H groups in total. The Kier molecular flexibility index (Phi) is 5.64. The van der Waals surface area contributed by atoms with E-state index in [4.69, 9.17) is 0 Å². The minimum absolute atomic E-state index is 0.179. The Morgan fingerprint density at radius 1 is 1.07 bits per heavy atom. The van der Waals surface area contributed by atoms with Crippen LogP contribution in [-0.4, -0.2) is 43.9 Å². The number of halogens is 3. The molecule has 1 saturated heterocycles. The zero-order valence-electron chi connectivity index (χ0n) is 14.7. The molecule has 2 aromatic carbocycles. The average Bonchev–Trinajstić information content (AvgIpc) is 3.08. The molecule has 0 radical (unpaired) electrons. The summed E-state index contributed by atoms with van der Waals surface area (Å²) in [6, 6.07) is 12.1. The van der Waals surface area contributed by atoms with Crippen LogP contribution in [0.2, 0.25) is 0 Å². The normalized spacial score (nSPS) is 17.5. The molecule has 28 heavy (non-hydrogen) atoms. The summed E-state index contributed by atoms with van der Waals surface area (Å²) in [5.41, 5.74) is 0.179. The second kappa shape index (κ2) is 7.83. The Labute approximate surface area is 160 Å². The van der Waals surface area contributed by atoms with Gasteiger partial charge in [-0.2, -0.15) is 0 Å². The molecule has 150 valence electrons. The van der Waals surface area contributed by atoms with Crippen molar-refractivity contribution in [2.75, 3.05) is 12.3 Å². The summed E-state index contributed by atoms with van der Waals surface area (Å²) >= 11 is 0. The number of carbonyl (C=O) groups is 1. The van der Waals surface area contributed by atoms with Crippen LogP contribution in [0.3, 0.4) is 0 Å². The molecule has 1 heterocycles. The molecule has 1 fully saturated rings. The van der Waals surface area contributed by atoms with Crippen LogP contribution in [0.4, 0.5) is 13.2 Å². The number of rotatable bonds is 5. The zero-order chi connectivity index (χ0) is 20.4. The number of ether oxygens (including phenoxy) is 1. The number of benzene rings is 2. The first-order valence-corrected chi connectivity index (χ1v) is 10.3. The maximum absolute atomic E-state index is 12.7. The van der Waals surface area contributed by atoms with Crippen LogP contribution in [-0.2, 0) is 9.84 Å². The summed E-state index contributed by atoms with van der Waals surface area (Å²) in [5.74, 6) is -1.03. The first kappa shape index (κ1) is 20.2. The van der Waals surface area contributed by atoms with E-state index in [-0.39, 0.29) is 16.2 Å². The second-order valence-electron chi connectivity index (χ2n) is 6.46. The summed E-state index contributed by atoms with van der Waals surface area (Å²) in [7, 11) is -3.56. The highest BCUT2D eigenvalue weighted by Crippen LogP contribution is 2.26. The van der Waals surface area contributed by atoms with E-state index in [1.54, 1.807) is 18.2 Å². The largest absolute Gasteiger partial charge is 0.573 e. The van der Waals surface area contributed by atoms with Gasteiger partial charge in [-0.3, -0.25) is 4.79 Å². The van der Waals surface area contributed by atoms with Crippen molar-refractivity contribution in [1.82, 2.24) is 4.90 Å². The third-order valence-electron chi connectivity index (χ3n) is 4.49. The molecule has 0 bridgehead atoms. The van der Waals surface area contributed by atoms with Crippen molar-refractivity contribution in [3.8, 4) is 5.75 Å². The van der Waals surface area contributed by atoms with E-state index in [0.29, 0.717) is 19.4 Å². The van der Waals surface area contributed by atoms with Gasteiger partial charge in [0.1, 0.15) is 5.75 Å². The van der Waals surface area contributed by atoms with E-state index >= 15 is 0 Å². The molecule has 1 amide bonds. The third kappa shape index (κ3) is 4.83. The molecule has 0 saturated carbocycles. The molecule has 1 aliphatic rings. The van der Waals surface area contributed by atoms with Gasteiger partial charge in [0, 0.05) is 18.2 Å². The molecule has 9 heteroatoms. The van der Waals surface area contributed by atoms with Gasteiger partial charge in [0.15, 0.2) is 9.84 Å². The molecule has 0 unspecified atom stereocenters. The molecule has 5 nitrogen and oxygen atoms in total. The number of alkyl halides is 3. The fourth-order valence-electron chi connectivity index (χ4n) is 3.22. The van der Waals surface area contributed by atoms with Gasteiger partial charge in [-0.15, -0.1) is 13.2 Å². The van der Waals surface area contributed by atoms with Crippen LogP contribution in [0.1, 0.15) is 23.2 Å². The molecule has 1 atom stereocenters. The lowest BCUT2D eigenvalue weighted by atomic mass is 10.1. The topological polar surface area (TPSA) is 63.7 Å². The Morgan fingerprint density at radius 2 is 1.71 bits per heavy atom. The number of likely N-dealkylation sites (tertiary alicyclic amines) is 1. The standard InChI is InChI=1S/C19H18F3NO4S/c20-19(21,22)27-16-10-8-14(9-11-16)18(24)23-12-4-5-15(23)13-28(25,26)17-6-2-1-3-7-17/h1-3,6-11,15H,4-5,12-13H2/t15-/m0/s1. The van der Waals surface area contributed by atoms with E-state index in [0.717, 1.165) is 12.1 Å². The lowest BCUT2D eigenvalue weighted by molar-refractivity contribution is -0.274. The molecule has 0 aromatic heterocycles. The fourth-order valence-corrected chi connectivity index (χ4v) is 4.84. The van der Waals surface area contributed by atoms with Crippen LogP contribution < -0.4 is 4.74 Å². The number of sulfone groups is 1. The van der Waals surface area contributed by atoms with Gasteiger partial charge >= 0.3 is 6.36 Å². The Hall–Kier alpha value is -2.55. The number of nitrogens with zero attached hydrogens (tertiary/aromatic N) is 1. The van der Waals surface area contributed by atoms with Crippen LogP contribution in [0, 0.1) is 0 Å². The van der Waals surface area contributed by atoms with Gasteiger partial charge in [-0.25, -0.2) is 8.42 Å². The molecule has 1 aliphatic heterocycles. The van der Waals surface area contributed by atoms with Crippen LogP contribution in [0.5, 0.6) is 5.75 Å². The first-order valence-electron chi connectivity index (χ1n) is 8.60. The summed E-state index contributed by atoms with van der Waals surface area (Å²) in [5, 5.41) is 0. The molecule has 2 aromatic rings. The van der Waals surface area contributed by atoms with Crippen molar-refractivity contribution in [2.24, 2.45) is 0 Å². The smallest absolute Gasteiger partial charge is 0.406 e. The van der Waals surface area contributed by atoms with Gasteiger partial charge in [0.05, 0.1) is 10.6 Å². The fraction of sp³-hybridized carbons (Fsp3) is 0.316. The van der Waals surface area contributed by atoms with E-state index in [9.17, 15) is 26.4 Å². The van der Waals surface area contributed by atoms with Crippen LogP contribution in [0.15, 0.2) is 59.5 Å². The predicted octanol–water partition coefficient (Wildman–Crippen LogP) is 3.66. The summed E-state index contributed by atoms with van der Waals surface area (Å²) < 4.78 is 65.7. The van der Waals surface area contributed by atoms with Gasteiger partial charge < -0.3 is 9.64 Å². The van der Waals surface area contributed by atoms with Crippen molar-refractivity contribution in [1.29, 1.82) is 0 Å². The molecule has 0 spiro atoms. The molecular weight excluding hydrogens is 395 g/mol. The molecule has 0 aliphatic carbocycles. The SMILES string of the molecule is O=C(c1ccc(OC(F)(F)F)cc1)N1CCC[C@H]1CS(=O)(=O)c1ccccc1.